The van der Waals surface area contributed by atoms with Crippen LogP contribution in [0, 0.1) is 0 Å². The quantitative estimate of drug-likeness (QED) is 0.796. The number of urea groups is 1. The summed E-state index contributed by atoms with van der Waals surface area (Å²) in [7, 11) is 0. The summed E-state index contributed by atoms with van der Waals surface area (Å²) in [5.41, 5.74) is 3.19. The van der Waals surface area contributed by atoms with Crippen molar-refractivity contribution >= 4 is 29.0 Å². The number of ether oxygens (including phenoxy) is 1. The third kappa shape index (κ3) is 5.06. The molecule has 1 unspecified atom stereocenters. The first-order chi connectivity index (χ1) is 14.6. The van der Waals surface area contributed by atoms with E-state index in [2.05, 4.69) is 40.2 Å². The van der Waals surface area contributed by atoms with Crippen molar-refractivity contribution in [2.75, 3.05) is 62.7 Å². The zero-order valence-electron chi connectivity index (χ0n) is 17.4. The van der Waals surface area contributed by atoms with Crippen LogP contribution in [0.1, 0.15) is 18.5 Å². The fourth-order valence-electron chi connectivity index (χ4n) is 4.06. The van der Waals surface area contributed by atoms with Gasteiger partial charge in [-0.15, -0.1) is 0 Å². The summed E-state index contributed by atoms with van der Waals surface area (Å²) in [5, 5.41) is 3.77. The minimum Gasteiger partial charge on any atom is -0.379 e. The van der Waals surface area contributed by atoms with Crippen LogP contribution in [-0.4, -0.2) is 68.3 Å². The Balaban J connectivity index is 1.29. The van der Waals surface area contributed by atoms with Crippen molar-refractivity contribution in [3.8, 4) is 0 Å². The van der Waals surface area contributed by atoms with Gasteiger partial charge in [-0.25, -0.2) is 4.79 Å². The Kier molecular flexibility index (Phi) is 6.77. The summed E-state index contributed by atoms with van der Waals surface area (Å²) in [5.74, 6) is 0. The van der Waals surface area contributed by atoms with Gasteiger partial charge in [0.1, 0.15) is 0 Å². The van der Waals surface area contributed by atoms with E-state index in [0.717, 1.165) is 55.8 Å². The molecule has 2 aromatic rings. The maximum Gasteiger partial charge on any atom is 0.321 e. The summed E-state index contributed by atoms with van der Waals surface area (Å²) >= 11 is 6.10. The van der Waals surface area contributed by atoms with E-state index in [1.165, 1.54) is 5.56 Å². The van der Waals surface area contributed by atoms with Crippen LogP contribution in [0.2, 0.25) is 5.02 Å². The van der Waals surface area contributed by atoms with Crippen LogP contribution in [0.4, 0.5) is 16.2 Å². The maximum atomic E-state index is 12.7. The lowest BCUT2D eigenvalue weighted by atomic mass is 10.1. The van der Waals surface area contributed by atoms with Crippen molar-refractivity contribution in [3.63, 3.8) is 0 Å². The summed E-state index contributed by atoms with van der Waals surface area (Å²) < 4.78 is 5.44. The Hall–Kier alpha value is -2.28. The lowest BCUT2D eigenvalue weighted by Gasteiger charge is -2.36. The zero-order valence-corrected chi connectivity index (χ0v) is 18.1. The summed E-state index contributed by atoms with van der Waals surface area (Å²) in [4.78, 5) is 19.2. The van der Waals surface area contributed by atoms with Crippen LogP contribution >= 0.6 is 11.6 Å². The second-order valence-electron chi connectivity index (χ2n) is 7.83. The van der Waals surface area contributed by atoms with E-state index in [9.17, 15) is 4.79 Å². The molecule has 0 bridgehead atoms. The number of nitrogens with zero attached hydrogens (tertiary/aromatic N) is 3. The molecule has 2 aliphatic heterocycles. The van der Waals surface area contributed by atoms with Gasteiger partial charge in [0.2, 0.25) is 0 Å². The number of amides is 2. The molecule has 6 nitrogen and oxygen atoms in total. The zero-order chi connectivity index (χ0) is 20.9. The fourth-order valence-corrected chi connectivity index (χ4v) is 4.25. The number of halogens is 1. The third-order valence-corrected chi connectivity index (χ3v) is 6.21. The molecule has 2 amide bonds. The molecule has 2 heterocycles. The van der Waals surface area contributed by atoms with E-state index >= 15 is 0 Å². The highest BCUT2D eigenvalue weighted by atomic mass is 35.5. The molecule has 0 saturated carbocycles. The lowest BCUT2D eigenvalue weighted by Crippen LogP contribution is -2.50. The topological polar surface area (TPSA) is 48.1 Å². The van der Waals surface area contributed by atoms with Gasteiger partial charge in [0, 0.05) is 61.7 Å². The second-order valence-corrected chi connectivity index (χ2v) is 8.27. The molecule has 0 aliphatic carbocycles. The number of morpholine rings is 1. The van der Waals surface area contributed by atoms with Crippen LogP contribution in [0.3, 0.4) is 0 Å². The molecule has 2 aromatic carbocycles. The van der Waals surface area contributed by atoms with Gasteiger partial charge in [-0.2, -0.15) is 0 Å². The van der Waals surface area contributed by atoms with E-state index in [0.29, 0.717) is 19.1 Å². The minimum absolute atomic E-state index is 0.0466. The molecule has 0 aromatic heterocycles. The Morgan fingerprint density at radius 3 is 2.37 bits per heavy atom. The van der Waals surface area contributed by atoms with Crippen LogP contribution in [-0.2, 0) is 4.74 Å². The molecule has 7 heteroatoms. The molecule has 1 N–H and O–H groups in total. The van der Waals surface area contributed by atoms with Crippen molar-refractivity contribution < 1.29 is 9.53 Å². The predicted octanol–water partition coefficient (Wildman–Crippen LogP) is 4.09. The first kappa shape index (κ1) is 21.0. The Labute approximate surface area is 183 Å². The monoisotopic (exact) mass is 428 g/mol. The number of nitrogens with one attached hydrogen (secondary N) is 1. The van der Waals surface area contributed by atoms with Crippen molar-refractivity contribution in [2.24, 2.45) is 0 Å². The largest absolute Gasteiger partial charge is 0.379 e. The number of carbonyl (C=O) groups excluding carboxylic acids is 1. The Bertz CT molecular complexity index is 847. The number of benzene rings is 2. The van der Waals surface area contributed by atoms with E-state index < -0.39 is 0 Å². The summed E-state index contributed by atoms with van der Waals surface area (Å²) in [6.45, 7) is 8.69. The van der Waals surface area contributed by atoms with Gasteiger partial charge >= 0.3 is 6.03 Å². The number of piperazine rings is 1. The van der Waals surface area contributed by atoms with Gasteiger partial charge in [-0.1, -0.05) is 29.8 Å². The highest BCUT2D eigenvalue weighted by Crippen LogP contribution is 2.24. The molecule has 0 radical (unpaired) electrons. The van der Waals surface area contributed by atoms with Crippen LogP contribution in [0.5, 0.6) is 0 Å². The van der Waals surface area contributed by atoms with Gasteiger partial charge in [0.15, 0.2) is 0 Å². The molecule has 0 spiro atoms. The summed E-state index contributed by atoms with van der Waals surface area (Å²) in [6.07, 6.45) is 0. The van der Waals surface area contributed by atoms with E-state index in [4.69, 9.17) is 16.3 Å². The predicted molar refractivity (Wildman–Crippen MR) is 122 cm³/mol. The molecule has 2 fully saturated rings. The minimum atomic E-state index is -0.0466. The average Bonchev–Trinajstić information content (AvgIpc) is 2.80. The van der Waals surface area contributed by atoms with Gasteiger partial charge in [-0.05, 0) is 42.8 Å². The van der Waals surface area contributed by atoms with Crippen molar-refractivity contribution in [1.29, 1.82) is 0 Å². The third-order valence-electron chi connectivity index (χ3n) is 5.98. The maximum absolute atomic E-state index is 12.7. The highest BCUT2D eigenvalue weighted by molar-refractivity contribution is 6.30. The van der Waals surface area contributed by atoms with Crippen LogP contribution in [0.25, 0.3) is 0 Å². The molecular formula is C23H29ClN4O2. The summed E-state index contributed by atoms with van der Waals surface area (Å²) in [6, 6.07) is 16.4. The molecule has 1 atom stereocenters. The second kappa shape index (κ2) is 9.69. The van der Waals surface area contributed by atoms with Crippen molar-refractivity contribution in [1.82, 2.24) is 9.80 Å². The molecule has 160 valence electrons. The van der Waals surface area contributed by atoms with Crippen molar-refractivity contribution in [2.45, 2.75) is 13.0 Å². The lowest BCUT2D eigenvalue weighted by molar-refractivity contribution is 0.0198. The standard InChI is InChI=1S/C23H29ClN4O2/c1-18(26-13-15-30-16-14-26)19-5-7-21(8-6-19)25-23(29)28-11-9-27(10-12-28)22-4-2-3-20(24)17-22/h2-8,17-18H,9-16H2,1H3,(H,25,29). The first-order valence-electron chi connectivity index (χ1n) is 10.6. The number of carbonyl (C=O) groups is 1. The number of anilines is 2. The van der Waals surface area contributed by atoms with E-state index in [-0.39, 0.29) is 6.03 Å². The average molecular weight is 429 g/mol. The normalized spacial score (nSPS) is 18.9. The molecule has 30 heavy (non-hydrogen) atoms. The van der Waals surface area contributed by atoms with Crippen molar-refractivity contribution in [3.05, 3.63) is 59.1 Å². The fraction of sp³-hybridized carbons (Fsp3) is 0.435. The molecule has 2 saturated heterocycles. The van der Waals surface area contributed by atoms with Crippen LogP contribution < -0.4 is 10.2 Å². The van der Waals surface area contributed by atoms with Gasteiger partial charge < -0.3 is 19.9 Å². The van der Waals surface area contributed by atoms with Gasteiger partial charge in [0.25, 0.3) is 0 Å². The first-order valence-corrected chi connectivity index (χ1v) is 11.0. The Morgan fingerprint density at radius 1 is 1.00 bits per heavy atom. The molecule has 2 aliphatic rings. The highest BCUT2D eigenvalue weighted by Gasteiger charge is 2.22. The van der Waals surface area contributed by atoms with E-state index in [1.807, 2.05) is 35.2 Å². The SMILES string of the molecule is CC(c1ccc(NC(=O)N2CCN(c3cccc(Cl)c3)CC2)cc1)N1CCOCC1. The number of hydrogen-bond donors (Lipinski definition) is 1. The van der Waals surface area contributed by atoms with Gasteiger partial charge in [0.05, 0.1) is 13.2 Å². The van der Waals surface area contributed by atoms with Crippen LogP contribution in [0.15, 0.2) is 48.5 Å². The number of hydrogen-bond acceptors (Lipinski definition) is 4. The van der Waals surface area contributed by atoms with Gasteiger partial charge in [-0.3, -0.25) is 4.90 Å². The number of rotatable bonds is 4. The molecular weight excluding hydrogens is 400 g/mol. The smallest absolute Gasteiger partial charge is 0.321 e. The Morgan fingerprint density at radius 2 is 1.70 bits per heavy atom. The molecule has 4 rings (SSSR count). The van der Waals surface area contributed by atoms with E-state index in [1.54, 1.807) is 0 Å².